The summed E-state index contributed by atoms with van der Waals surface area (Å²) in [5, 5.41) is 22.9. The van der Waals surface area contributed by atoms with Crippen molar-refractivity contribution in [2.45, 2.75) is 219 Å². The van der Waals surface area contributed by atoms with Crippen LogP contribution < -0.4 is 5.32 Å². The van der Waals surface area contributed by atoms with Gasteiger partial charge in [0, 0.05) is 12.8 Å². The molecule has 0 rings (SSSR count). The van der Waals surface area contributed by atoms with Gasteiger partial charge in [0.15, 0.2) is 0 Å². The Morgan fingerprint density at radius 3 is 1.48 bits per heavy atom. The molecule has 0 bridgehead atoms. The molecule has 0 aromatic rings. The predicted molar refractivity (Wildman–Crippen MR) is 213 cm³/mol. The minimum absolute atomic E-state index is 0.0457. The van der Waals surface area contributed by atoms with Crippen molar-refractivity contribution >= 4 is 11.9 Å². The fourth-order valence-electron chi connectivity index (χ4n) is 6.02. The van der Waals surface area contributed by atoms with E-state index in [4.69, 9.17) is 4.74 Å². The van der Waals surface area contributed by atoms with Crippen LogP contribution in [0.15, 0.2) is 36.5 Å². The molecule has 0 aliphatic carbocycles. The molecule has 50 heavy (non-hydrogen) atoms. The van der Waals surface area contributed by atoms with E-state index < -0.39 is 12.1 Å². The molecule has 0 saturated carbocycles. The third kappa shape index (κ3) is 35.9. The summed E-state index contributed by atoms with van der Waals surface area (Å²) >= 11 is 0. The standard InChI is InChI=1S/C44H81NO5/c1-3-5-7-9-11-13-16-20-24-28-32-36-42(47)41(40-46)45-43(48)37-33-29-25-21-18-15-19-23-27-31-35-39-50-44(49)38-34-30-26-22-17-14-12-10-8-6-4-2/h10,12,19,23,32,36,41-42,46-47H,3-9,11,13-18,20-22,24-31,33-35,37-40H2,1-2H3,(H,45,48)/b12-10-,23-19-,36-32+. The molecule has 0 aliphatic heterocycles. The van der Waals surface area contributed by atoms with Gasteiger partial charge in [0.1, 0.15) is 0 Å². The van der Waals surface area contributed by atoms with Gasteiger partial charge >= 0.3 is 5.97 Å². The topological polar surface area (TPSA) is 95.9 Å². The summed E-state index contributed by atoms with van der Waals surface area (Å²) in [4.78, 5) is 24.3. The molecule has 2 unspecified atom stereocenters. The summed E-state index contributed by atoms with van der Waals surface area (Å²) in [6, 6.07) is -0.647. The number of hydrogen-bond donors (Lipinski definition) is 3. The lowest BCUT2D eigenvalue weighted by Crippen LogP contribution is -2.45. The lowest BCUT2D eigenvalue weighted by Gasteiger charge is -2.20. The van der Waals surface area contributed by atoms with E-state index in [1.807, 2.05) is 6.08 Å². The van der Waals surface area contributed by atoms with Crippen molar-refractivity contribution in [2.24, 2.45) is 0 Å². The molecule has 0 spiro atoms. The number of carbonyl (C=O) groups excluding carboxylic acids is 2. The molecule has 0 aliphatic rings. The fourth-order valence-corrected chi connectivity index (χ4v) is 6.02. The van der Waals surface area contributed by atoms with E-state index in [0.717, 1.165) is 83.5 Å². The number of hydrogen-bond acceptors (Lipinski definition) is 5. The Hall–Kier alpha value is -1.92. The second-order valence-electron chi connectivity index (χ2n) is 14.3. The van der Waals surface area contributed by atoms with Crippen LogP contribution >= 0.6 is 0 Å². The molecule has 0 heterocycles. The van der Waals surface area contributed by atoms with Crippen LogP contribution in [0.5, 0.6) is 0 Å². The summed E-state index contributed by atoms with van der Waals surface area (Å²) in [6.45, 7) is 4.74. The van der Waals surface area contributed by atoms with Crippen molar-refractivity contribution in [1.82, 2.24) is 5.32 Å². The Balaban J connectivity index is 3.59. The third-order valence-electron chi connectivity index (χ3n) is 9.38. The first-order chi connectivity index (χ1) is 24.5. The number of carbonyl (C=O) groups is 2. The highest BCUT2D eigenvalue weighted by Gasteiger charge is 2.17. The monoisotopic (exact) mass is 704 g/mol. The van der Waals surface area contributed by atoms with Gasteiger partial charge in [-0.25, -0.2) is 0 Å². The zero-order valence-corrected chi connectivity index (χ0v) is 32.9. The maximum Gasteiger partial charge on any atom is 0.305 e. The molecule has 0 aromatic heterocycles. The van der Waals surface area contributed by atoms with E-state index in [9.17, 15) is 19.8 Å². The van der Waals surface area contributed by atoms with Crippen LogP contribution in [0.3, 0.4) is 0 Å². The third-order valence-corrected chi connectivity index (χ3v) is 9.38. The highest BCUT2D eigenvalue weighted by molar-refractivity contribution is 5.76. The van der Waals surface area contributed by atoms with Gasteiger partial charge in [0.25, 0.3) is 0 Å². The average molecular weight is 704 g/mol. The second kappa shape index (κ2) is 39.9. The van der Waals surface area contributed by atoms with Crippen LogP contribution in [0.1, 0.15) is 206 Å². The number of esters is 1. The van der Waals surface area contributed by atoms with E-state index in [2.05, 4.69) is 43.5 Å². The SMILES string of the molecule is CCCC/C=C\CCCCCCCC(=O)OCCCC/C=C\CCCCCCCC(=O)NC(CO)C(O)/C=C/CCCCCCCCCCC. The van der Waals surface area contributed by atoms with Gasteiger partial charge in [-0.3, -0.25) is 9.59 Å². The van der Waals surface area contributed by atoms with Gasteiger partial charge in [-0.15, -0.1) is 0 Å². The van der Waals surface area contributed by atoms with Crippen LogP contribution in [-0.4, -0.2) is 47.4 Å². The summed E-state index contributed by atoms with van der Waals surface area (Å²) in [5.41, 5.74) is 0. The summed E-state index contributed by atoms with van der Waals surface area (Å²) in [7, 11) is 0. The summed E-state index contributed by atoms with van der Waals surface area (Å²) < 4.78 is 5.39. The number of aliphatic hydroxyl groups excluding tert-OH is 2. The maximum absolute atomic E-state index is 12.3. The predicted octanol–water partition coefficient (Wildman–Crippen LogP) is 11.8. The van der Waals surface area contributed by atoms with Crippen LogP contribution in [0.4, 0.5) is 0 Å². The molecular weight excluding hydrogens is 622 g/mol. The van der Waals surface area contributed by atoms with Crippen molar-refractivity contribution in [3.05, 3.63) is 36.5 Å². The Kier molecular flexibility index (Phi) is 38.3. The molecule has 2 atom stereocenters. The molecule has 1 amide bonds. The van der Waals surface area contributed by atoms with Crippen LogP contribution in [-0.2, 0) is 14.3 Å². The van der Waals surface area contributed by atoms with Crippen molar-refractivity contribution < 1.29 is 24.5 Å². The van der Waals surface area contributed by atoms with Gasteiger partial charge < -0.3 is 20.3 Å². The largest absolute Gasteiger partial charge is 0.466 e. The zero-order chi connectivity index (χ0) is 36.6. The Labute approximate surface area is 309 Å². The van der Waals surface area contributed by atoms with E-state index in [1.54, 1.807) is 6.08 Å². The van der Waals surface area contributed by atoms with Gasteiger partial charge in [0.05, 0.1) is 25.4 Å². The highest BCUT2D eigenvalue weighted by Crippen LogP contribution is 2.13. The fraction of sp³-hybridized carbons (Fsp3) is 0.818. The Bertz CT molecular complexity index is 823. The number of amides is 1. The smallest absolute Gasteiger partial charge is 0.305 e. The number of aliphatic hydroxyl groups is 2. The van der Waals surface area contributed by atoms with Crippen molar-refractivity contribution in [2.75, 3.05) is 13.2 Å². The number of ether oxygens (including phenoxy) is 1. The van der Waals surface area contributed by atoms with Gasteiger partial charge in [0.2, 0.25) is 5.91 Å². The van der Waals surface area contributed by atoms with Crippen LogP contribution in [0.25, 0.3) is 0 Å². The molecule has 6 nitrogen and oxygen atoms in total. The normalized spacial score (nSPS) is 13.1. The molecule has 0 saturated heterocycles. The minimum atomic E-state index is -0.861. The van der Waals surface area contributed by atoms with E-state index in [1.165, 1.54) is 96.3 Å². The molecule has 3 N–H and O–H groups in total. The van der Waals surface area contributed by atoms with Crippen LogP contribution in [0, 0.1) is 0 Å². The minimum Gasteiger partial charge on any atom is -0.466 e. The van der Waals surface area contributed by atoms with Gasteiger partial charge in [-0.05, 0) is 77.0 Å². The van der Waals surface area contributed by atoms with Crippen molar-refractivity contribution in [3.8, 4) is 0 Å². The van der Waals surface area contributed by atoms with Crippen molar-refractivity contribution in [1.29, 1.82) is 0 Å². The quantitative estimate of drug-likeness (QED) is 0.0338. The van der Waals surface area contributed by atoms with Gasteiger partial charge in [-0.1, -0.05) is 153 Å². The Morgan fingerprint density at radius 1 is 0.540 bits per heavy atom. The number of unbranched alkanes of at least 4 members (excludes halogenated alkanes) is 23. The second-order valence-corrected chi connectivity index (χ2v) is 14.3. The molecular formula is C44H81NO5. The molecule has 6 heteroatoms. The first-order valence-corrected chi connectivity index (χ1v) is 21.3. The number of nitrogens with one attached hydrogen (secondary N) is 1. The number of rotatable bonds is 38. The summed E-state index contributed by atoms with van der Waals surface area (Å²) in [6.07, 6.45) is 45.5. The first-order valence-electron chi connectivity index (χ1n) is 21.3. The molecule has 0 fully saturated rings. The van der Waals surface area contributed by atoms with Gasteiger partial charge in [-0.2, -0.15) is 0 Å². The highest BCUT2D eigenvalue weighted by atomic mass is 16.5. The first kappa shape index (κ1) is 48.1. The Morgan fingerprint density at radius 2 is 0.960 bits per heavy atom. The molecule has 292 valence electrons. The maximum atomic E-state index is 12.3. The summed E-state index contributed by atoms with van der Waals surface area (Å²) in [5.74, 6) is -0.147. The van der Waals surface area contributed by atoms with Crippen LogP contribution in [0.2, 0.25) is 0 Å². The lowest BCUT2D eigenvalue weighted by atomic mass is 10.1. The van der Waals surface area contributed by atoms with Crippen molar-refractivity contribution in [3.63, 3.8) is 0 Å². The molecule has 0 radical (unpaired) electrons. The number of allylic oxidation sites excluding steroid dienone is 5. The lowest BCUT2D eigenvalue weighted by molar-refractivity contribution is -0.143. The van der Waals surface area contributed by atoms with E-state index >= 15 is 0 Å². The molecule has 0 aromatic carbocycles. The average Bonchev–Trinajstić information content (AvgIpc) is 3.11. The van der Waals surface area contributed by atoms with E-state index in [-0.39, 0.29) is 18.5 Å². The zero-order valence-electron chi connectivity index (χ0n) is 32.9. The van der Waals surface area contributed by atoms with E-state index in [0.29, 0.717) is 19.4 Å².